The lowest BCUT2D eigenvalue weighted by Gasteiger charge is -2.17. The molecule has 0 bridgehead atoms. The molecule has 0 aliphatic carbocycles. The molecule has 0 unspecified atom stereocenters. The molecule has 2 aliphatic heterocycles. The number of aryl methyl sites for hydroxylation is 1. The van der Waals surface area contributed by atoms with Gasteiger partial charge in [0.25, 0.3) is 5.56 Å². The van der Waals surface area contributed by atoms with Crippen LogP contribution in [0.1, 0.15) is 0 Å². The molecular formula is C20H20N8O5S. The monoisotopic (exact) mass is 484 g/mol. The maximum atomic E-state index is 12.3. The van der Waals surface area contributed by atoms with Crippen molar-refractivity contribution in [3.05, 3.63) is 34.9 Å². The lowest BCUT2D eigenvalue weighted by molar-refractivity contribution is -0.113. The summed E-state index contributed by atoms with van der Waals surface area (Å²) < 4.78 is 12.5. The molecule has 2 aliphatic rings. The van der Waals surface area contributed by atoms with Gasteiger partial charge in [0.2, 0.25) is 11.8 Å². The Kier molecular flexibility index (Phi) is 5.98. The third-order valence-corrected chi connectivity index (χ3v) is 6.15. The van der Waals surface area contributed by atoms with Gasteiger partial charge >= 0.3 is 6.09 Å². The fourth-order valence-corrected chi connectivity index (χ4v) is 4.16. The highest BCUT2D eigenvalue weighted by atomic mass is 32.2. The molecule has 3 aromatic rings. The number of anilines is 2. The van der Waals surface area contributed by atoms with Gasteiger partial charge in [0.05, 0.1) is 24.7 Å². The number of rotatable bonds is 7. The van der Waals surface area contributed by atoms with Gasteiger partial charge in [0, 0.05) is 26.2 Å². The molecule has 13 nitrogen and oxygen atoms in total. The predicted molar refractivity (Wildman–Crippen MR) is 122 cm³/mol. The number of amides is 2. The highest BCUT2D eigenvalue weighted by molar-refractivity contribution is 8.00. The van der Waals surface area contributed by atoms with Crippen LogP contribution in [0.15, 0.2) is 34.3 Å². The van der Waals surface area contributed by atoms with Crippen molar-refractivity contribution in [3.63, 3.8) is 0 Å². The normalized spacial score (nSPS) is 17.4. The number of thioether (sulfide) groups is 1. The number of nitrogens with one attached hydrogen (secondary N) is 2. The summed E-state index contributed by atoms with van der Waals surface area (Å²) in [5.41, 5.74) is 0.799. The Hall–Kier alpha value is -3.78. The van der Waals surface area contributed by atoms with Crippen LogP contribution in [-0.4, -0.2) is 74.6 Å². The molecule has 2 amide bonds. The van der Waals surface area contributed by atoms with Crippen molar-refractivity contribution in [2.24, 2.45) is 7.05 Å². The highest BCUT2D eigenvalue weighted by Crippen LogP contribution is 2.30. The number of carbonyl (C=O) groups is 2. The van der Waals surface area contributed by atoms with E-state index in [2.05, 4.69) is 30.6 Å². The summed E-state index contributed by atoms with van der Waals surface area (Å²) >= 11 is 1.30. The van der Waals surface area contributed by atoms with E-state index in [1.54, 1.807) is 19.2 Å². The Morgan fingerprint density at radius 1 is 1.24 bits per heavy atom. The molecule has 0 aromatic carbocycles. The van der Waals surface area contributed by atoms with Gasteiger partial charge in [-0.1, -0.05) is 11.8 Å². The van der Waals surface area contributed by atoms with Crippen LogP contribution in [0.2, 0.25) is 0 Å². The number of hydrogen-bond donors (Lipinski definition) is 2. The largest absolute Gasteiger partial charge is 0.476 e. The van der Waals surface area contributed by atoms with Gasteiger partial charge < -0.3 is 20.1 Å². The number of carbonyl (C=O) groups excluding carboxylic acids is 2. The van der Waals surface area contributed by atoms with E-state index in [0.29, 0.717) is 59.9 Å². The first-order valence-corrected chi connectivity index (χ1v) is 11.4. The SMILES string of the molecule is Cn1c(=O)cnc2ccc(OCCNC[C@@H]3CN(c4cnc5c(n4)NC(=O)CS5)C(=O)O3)nc21. The standard InChI is InChI=1S/C20H20N8O5S/c1-27-16(30)8-22-12-2-3-15(26-18(12)27)32-5-4-21-6-11-9-28(20(31)33-11)13-7-23-19-17(24-13)25-14(29)10-34-19/h2-3,7-8,11,21H,4-6,9-10H2,1H3,(H,24,25,29)/t11-/m1/s1. The molecule has 3 aromatic heterocycles. The summed E-state index contributed by atoms with van der Waals surface area (Å²) in [4.78, 5) is 54.0. The number of hydrogen-bond acceptors (Lipinski definition) is 11. The Morgan fingerprint density at radius 3 is 3.00 bits per heavy atom. The molecule has 34 heavy (non-hydrogen) atoms. The fraction of sp³-hybridized carbons (Fsp3) is 0.350. The molecule has 1 saturated heterocycles. The minimum absolute atomic E-state index is 0.156. The van der Waals surface area contributed by atoms with Crippen molar-refractivity contribution in [1.82, 2.24) is 29.8 Å². The number of fused-ring (bicyclic) bond motifs is 2. The molecule has 5 heterocycles. The van der Waals surface area contributed by atoms with Gasteiger partial charge in [0.15, 0.2) is 17.3 Å². The lowest BCUT2D eigenvalue weighted by Crippen LogP contribution is -2.33. The number of cyclic esters (lactones) is 1. The van der Waals surface area contributed by atoms with Crippen LogP contribution in [0.25, 0.3) is 11.2 Å². The third kappa shape index (κ3) is 4.49. The highest BCUT2D eigenvalue weighted by Gasteiger charge is 2.34. The maximum Gasteiger partial charge on any atom is 0.416 e. The van der Waals surface area contributed by atoms with Crippen LogP contribution in [0, 0.1) is 0 Å². The number of aromatic nitrogens is 5. The molecule has 14 heteroatoms. The molecule has 2 N–H and O–H groups in total. The van der Waals surface area contributed by atoms with Crippen molar-refractivity contribution in [1.29, 1.82) is 0 Å². The molecule has 5 rings (SSSR count). The van der Waals surface area contributed by atoms with E-state index in [1.165, 1.54) is 33.6 Å². The van der Waals surface area contributed by atoms with Crippen molar-refractivity contribution in [2.45, 2.75) is 11.1 Å². The first kappa shape index (κ1) is 22.0. The zero-order valence-electron chi connectivity index (χ0n) is 18.1. The third-order valence-electron chi connectivity index (χ3n) is 5.17. The molecule has 1 atom stereocenters. The van der Waals surface area contributed by atoms with Gasteiger partial charge in [0.1, 0.15) is 23.3 Å². The smallest absolute Gasteiger partial charge is 0.416 e. The van der Waals surface area contributed by atoms with E-state index in [-0.39, 0.29) is 23.3 Å². The summed E-state index contributed by atoms with van der Waals surface area (Å²) in [6.07, 6.45) is 1.84. The minimum atomic E-state index is -0.522. The average molecular weight is 484 g/mol. The Morgan fingerprint density at radius 2 is 2.12 bits per heavy atom. The Bertz CT molecular complexity index is 1330. The first-order valence-electron chi connectivity index (χ1n) is 10.4. The number of ether oxygens (including phenoxy) is 2. The van der Waals surface area contributed by atoms with E-state index in [1.807, 2.05) is 0 Å². The Labute approximate surface area is 196 Å². The maximum absolute atomic E-state index is 12.3. The first-order chi connectivity index (χ1) is 16.5. The Balaban J connectivity index is 1.11. The van der Waals surface area contributed by atoms with Crippen LogP contribution in [0.5, 0.6) is 5.88 Å². The van der Waals surface area contributed by atoms with Crippen molar-refractivity contribution in [2.75, 3.05) is 42.2 Å². The van der Waals surface area contributed by atoms with E-state index < -0.39 is 6.09 Å². The summed E-state index contributed by atoms with van der Waals surface area (Å²) in [7, 11) is 1.63. The van der Waals surface area contributed by atoms with Crippen LogP contribution < -0.4 is 25.8 Å². The minimum Gasteiger partial charge on any atom is -0.476 e. The van der Waals surface area contributed by atoms with Crippen LogP contribution in [0.4, 0.5) is 16.4 Å². The molecule has 0 saturated carbocycles. The molecule has 0 spiro atoms. The van der Waals surface area contributed by atoms with Gasteiger partial charge in [-0.25, -0.2) is 19.7 Å². The summed E-state index contributed by atoms with van der Waals surface area (Å²) in [5.74, 6) is 1.19. The second-order valence-corrected chi connectivity index (χ2v) is 8.50. The van der Waals surface area contributed by atoms with Crippen LogP contribution >= 0.6 is 11.8 Å². The fourth-order valence-electron chi connectivity index (χ4n) is 3.46. The lowest BCUT2D eigenvalue weighted by atomic mass is 10.3. The van der Waals surface area contributed by atoms with E-state index >= 15 is 0 Å². The average Bonchev–Trinajstić information content (AvgIpc) is 3.21. The van der Waals surface area contributed by atoms with Gasteiger partial charge in [-0.3, -0.25) is 19.1 Å². The second kappa shape index (κ2) is 9.23. The zero-order chi connectivity index (χ0) is 23.7. The summed E-state index contributed by atoms with van der Waals surface area (Å²) in [5, 5.41) is 6.47. The van der Waals surface area contributed by atoms with Crippen LogP contribution in [0.3, 0.4) is 0 Å². The van der Waals surface area contributed by atoms with Gasteiger partial charge in [-0.2, -0.15) is 4.98 Å². The van der Waals surface area contributed by atoms with E-state index in [0.717, 1.165) is 0 Å². The van der Waals surface area contributed by atoms with E-state index in [9.17, 15) is 14.4 Å². The number of pyridine rings is 1. The zero-order valence-corrected chi connectivity index (χ0v) is 18.9. The van der Waals surface area contributed by atoms with Crippen molar-refractivity contribution < 1.29 is 19.1 Å². The summed E-state index contributed by atoms with van der Waals surface area (Å²) in [6.45, 7) is 1.53. The van der Waals surface area contributed by atoms with Crippen LogP contribution in [-0.2, 0) is 16.6 Å². The summed E-state index contributed by atoms with van der Waals surface area (Å²) in [6, 6.07) is 3.43. The van der Waals surface area contributed by atoms with Gasteiger partial charge in [-0.15, -0.1) is 0 Å². The van der Waals surface area contributed by atoms with E-state index in [4.69, 9.17) is 9.47 Å². The molecule has 176 valence electrons. The second-order valence-electron chi connectivity index (χ2n) is 7.54. The molecular weight excluding hydrogens is 464 g/mol. The number of nitrogens with zero attached hydrogens (tertiary/aromatic N) is 6. The topological polar surface area (TPSA) is 153 Å². The quantitative estimate of drug-likeness (QED) is 0.441. The van der Waals surface area contributed by atoms with Crippen molar-refractivity contribution in [3.8, 4) is 5.88 Å². The van der Waals surface area contributed by atoms with Gasteiger partial charge in [-0.05, 0) is 6.07 Å². The van der Waals surface area contributed by atoms with Crippen molar-refractivity contribution >= 4 is 46.6 Å². The predicted octanol–water partition coefficient (Wildman–Crippen LogP) is 0.156. The molecule has 1 fully saturated rings. The molecule has 0 radical (unpaired) electrons.